The molecule has 0 unspecified atom stereocenters. The minimum absolute atomic E-state index is 0.243. The lowest BCUT2D eigenvalue weighted by atomic mass is 10.1. The largest absolute Gasteiger partial charge is 0.508 e. The van der Waals surface area contributed by atoms with Crippen LogP contribution in [0.4, 0.5) is 0 Å². The van der Waals surface area contributed by atoms with E-state index in [-0.39, 0.29) is 5.75 Å². The van der Waals surface area contributed by atoms with Crippen LogP contribution in [-0.4, -0.2) is 20.3 Å². The molecule has 3 rings (SSSR count). The van der Waals surface area contributed by atoms with Gasteiger partial charge in [0.25, 0.3) is 0 Å². The Hall–Kier alpha value is -1.88. The van der Waals surface area contributed by atoms with Gasteiger partial charge >= 0.3 is 0 Å². The molecule has 0 saturated carbocycles. The average molecular weight is 290 g/mol. The Balaban J connectivity index is 2.23. The van der Waals surface area contributed by atoms with E-state index in [1.54, 1.807) is 18.3 Å². The molecule has 0 spiro atoms. The Morgan fingerprint density at radius 3 is 2.71 bits per heavy atom. The smallest absolute Gasteiger partial charge is 0.155 e. The normalized spacial score (nSPS) is 10.9. The molecule has 4 nitrogen and oxygen atoms in total. The monoisotopic (exact) mass is 289 g/mol. The van der Waals surface area contributed by atoms with E-state index in [1.807, 2.05) is 18.2 Å². The Morgan fingerprint density at radius 1 is 1.18 bits per heavy atom. The summed E-state index contributed by atoms with van der Waals surface area (Å²) in [5.41, 5.74) is 2.51. The number of aromatic amines is 1. The summed E-state index contributed by atoms with van der Waals surface area (Å²) < 4.78 is 0.909. The fourth-order valence-electron chi connectivity index (χ4n) is 1.72. The number of rotatable bonds is 1. The second-order valence-corrected chi connectivity index (χ2v) is 4.58. The second kappa shape index (κ2) is 3.85. The number of halogens is 1. The lowest BCUT2D eigenvalue weighted by molar-refractivity contribution is 0.475. The number of hydrogen-bond acceptors (Lipinski definition) is 3. The van der Waals surface area contributed by atoms with Crippen LogP contribution < -0.4 is 0 Å². The maximum atomic E-state index is 9.26. The number of fused-ring (bicyclic) bond motifs is 1. The van der Waals surface area contributed by atoms with Crippen molar-refractivity contribution in [1.29, 1.82) is 0 Å². The molecule has 1 aromatic carbocycles. The molecule has 0 saturated heterocycles. The molecule has 2 N–H and O–H groups in total. The summed E-state index contributed by atoms with van der Waals surface area (Å²) in [4.78, 5) is 4.23. The van der Waals surface area contributed by atoms with Gasteiger partial charge in [-0.2, -0.15) is 5.10 Å². The molecule has 17 heavy (non-hydrogen) atoms. The van der Waals surface area contributed by atoms with Gasteiger partial charge in [0.15, 0.2) is 5.65 Å². The number of nitrogens with one attached hydrogen (secondary N) is 1. The van der Waals surface area contributed by atoms with Gasteiger partial charge in [0, 0.05) is 21.6 Å². The predicted octanol–water partition coefficient (Wildman–Crippen LogP) is 3.09. The number of H-pyrrole nitrogens is 1. The fraction of sp³-hybridized carbons (Fsp3) is 0. The highest BCUT2D eigenvalue weighted by Gasteiger charge is 2.09. The van der Waals surface area contributed by atoms with Crippen LogP contribution in [0, 0.1) is 0 Å². The summed E-state index contributed by atoms with van der Waals surface area (Å²) >= 11 is 3.39. The maximum Gasteiger partial charge on any atom is 0.155 e. The summed E-state index contributed by atoms with van der Waals surface area (Å²) in [6, 6.07) is 8.90. The summed E-state index contributed by atoms with van der Waals surface area (Å²) in [5.74, 6) is 0.243. The first kappa shape index (κ1) is 10.3. The van der Waals surface area contributed by atoms with Gasteiger partial charge in [-0.25, -0.2) is 4.98 Å². The van der Waals surface area contributed by atoms with Gasteiger partial charge < -0.3 is 5.11 Å². The Bertz CT molecular complexity index is 676. The molecule has 2 heterocycles. The first-order chi connectivity index (χ1) is 8.24. The quantitative estimate of drug-likeness (QED) is 0.724. The Labute approximate surface area is 105 Å². The molecule has 0 fully saturated rings. The van der Waals surface area contributed by atoms with Gasteiger partial charge in [0.1, 0.15) is 11.4 Å². The summed E-state index contributed by atoms with van der Waals surface area (Å²) in [7, 11) is 0. The number of nitrogens with zero attached hydrogens (tertiary/aromatic N) is 2. The van der Waals surface area contributed by atoms with Gasteiger partial charge in [-0.15, -0.1) is 0 Å². The van der Waals surface area contributed by atoms with E-state index in [0.717, 1.165) is 26.8 Å². The third-order valence-electron chi connectivity index (χ3n) is 2.52. The van der Waals surface area contributed by atoms with Crippen LogP contribution in [0.2, 0.25) is 0 Å². The second-order valence-electron chi connectivity index (χ2n) is 3.67. The van der Waals surface area contributed by atoms with Crippen LogP contribution in [-0.2, 0) is 0 Å². The van der Waals surface area contributed by atoms with Crippen molar-refractivity contribution >= 4 is 27.0 Å². The highest BCUT2D eigenvalue weighted by molar-refractivity contribution is 9.10. The first-order valence-corrected chi connectivity index (χ1v) is 5.82. The molecule has 5 heteroatoms. The summed E-state index contributed by atoms with van der Waals surface area (Å²) in [6.07, 6.45) is 1.72. The van der Waals surface area contributed by atoms with E-state index in [1.165, 1.54) is 0 Å². The van der Waals surface area contributed by atoms with E-state index in [4.69, 9.17) is 0 Å². The summed E-state index contributed by atoms with van der Waals surface area (Å²) in [6.45, 7) is 0. The van der Waals surface area contributed by atoms with Crippen molar-refractivity contribution in [2.45, 2.75) is 0 Å². The number of aromatic nitrogens is 3. The van der Waals surface area contributed by atoms with Crippen molar-refractivity contribution in [3.63, 3.8) is 0 Å². The van der Waals surface area contributed by atoms with Crippen molar-refractivity contribution in [2.75, 3.05) is 0 Å². The number of benzene rings is 1. The number of phenolic OH excluding ortho intramolecular Hbond substituents is 1. The van der Waals surface area contributed by atoms with E-state index >= 15 is 0 Å². The molecular weight excluding hydrogens is 282 g/mol. The Morgan fingerprint density at radius 2 is 1.94 bits per heavy atom. The molecular formula is C12H8BrN3O. The zero-order valence-electron chi connectivity index (χ0n) is 8.68. The molecule has 0 aliphatic heterocycles. The minimum atomic E-state index is 0.243. The van der Waals surface area contributed by atoms with Gasteiger partial charge in [0.2, 0.25) is 0 Å². The highest BCUT2D eigenvalue weighted by atomic mass is 79.9. The molecule has 0 amide bonds. The van der Waals surface area contributed by atoms with Crippen LogP contribution in [0.15, 0.2) is 41.0 Å². The third-order valence-corrected chi connectivity index (χ3v) is 2.96. The topological polar surface area (TPSA) is 61.8 Å². The van der Waals surface area contributed by atoms with Crippen molar-refractivity contribution in [2.24, 2.45) is 0 Å². The molecule has 2 aromatic heterocycles. The van der Waals surface area contributed by atoms with E-state index in [2.05, 4.69) is 31.1 Å². The number of phenols is 1. The van der Waals surface area contributed by atoms with Crippen LogP contribution in [0.25, 0.3) is 22.3 Å². The zero-order chi connectivity index (χ0) is 11.8. The average Bonchev–Trinajstić information content (AvgIpc) is 2.73. The number of pyridine rings is 1. The van der Waals surface area contributed by atoms with Crippen molar-refractivity contribution in [1.82, 2.24) is 15.2 Å². The van der Waals surface area contributed by atoms with Crippen LogP contribution in [0.5, 0.6) is 5.75 Å². The van der Waals surface area contributed by atoms with E-state index < -0.39 is 0 Å². The molecule has 3 aromatic rings. The predicted molar refractivity (Wildman–Crippen MR) is 68.7 cm³/mol. The van der Waals surface area contributed by atoms with Gasteiger partial charge in [-0.05, 0) is 46.3 Å². The van der Waals surface area contributed by atoms with E-state index in [0.29, 0.717) is 0 Å². The molecule has 0 atom stereocenters. The molecule has 0 bridgehead atoms. The van der Waals surface area contributed by atoms with Gasteiger partial charge in [-0.1, -0.05) is 0 Å². The van der Waals surface area contributed by atoms with Crippen LogP contribution in [0.3, 0.4) is 0 Å². The van der Waals surface area contributed by atoms with Gasteiger partial charge in [0.05, 0.1) is 0 Å². The molecule has 84 valence electrons. The SMILES string of the molecule is Oc1ccc(-c2n[nH]c3ncc(Br)cc23)cc1. The lowest BCUT2D eigenvalue weighted by Gasteiger charge is -1.98. The standard InChI is InChI=1S/C12H8BrN3O/c13-8-5-10-11(15-16-12(10)14-6-8)7-1-3-9(17)4-2-7/h1-6,17H,(H,14,15,16). The molecule has 0 aliphatic carbocycles. The van der Waals surface area contributed by atoms with Crippen molar-refractivity contribution < 1.29 is 5.11 Å². The first-order valence-electron chi connectivity index (χ1n) is 5.03. The van der Waals surface area contributed by atoms with E-state index in [9.17, 15) is 5.11 Å². The zero-order valence-corrected chi connectivity index (χ0v) is 10.3. The minimum Gasteiger partial charge on any atom is -0.508 e. The van der Waals surface area contributed by atoms with Crippen LogP contribution in [0.1, 0.15) is 0 Å². The summed E-state index contributed by atoms with van der Waals surface area (Å²) in [5, 5.41) is 17.3. The van der Waals surface area contributed by atoms with Gasteiger partial charge in [-0.3, -0.25) is 5.10 Å². The molecule has 0 radical (unpaired) electrons. The van der Waals surface area contributed by atoms with Crippen LogP contribution >= 0.6 is 15.9 Å². The third kappa shape index (κ3) is 1.78. The lowest BCUT2D eigenvalue weighted by Crippen LogP contribution is -1.78. The fourth-order valence-corrected chi connectivity index (χ4v) is 2.05. The molecule has 0 aliphatic rings. The number of aromatic hydroxyl groups is 1. The Kier molecular flexibility index (Phi) is 2.33. The van der Waals surface area contributed by atoms with Crippen molar-refractivity contribution in [3.8, 4) is 17.0 Å². The van der Waals surface area contributed by atoms with Crippen molar-refractivity contribution in [3.05, 3.63) is 41.0 Å². The highest BCUT2D eigenvalue weighted by Crippen LogP contribution is 2.28. The number of hydrogen-bond donors (Lipinski definition) is 2. The maximum absolute atomic E-state index is 9.26.